The van der Waals surface area contributed by atoms with E-state index in [9.17, 15) is 0 Å². The van der Waals surface area contributed by atoms with Crippen molar-refractivity contribution in [2.75, 3.05) is 12.8 Å². The molecule has 0 aliphatic heterocycles. The van der Waals surface area contributed by atoms with Crippen molar-refractivity contribution in [3.8, 4) is 17.4 Å². The van der Waals surface area contributed by atoms with E-state index >= 15 is 0 Å². The molecule has 2 N–H and O–H groups in total. The molecule has 0 saturated heterocycles. The van der Waals surface area contributed by atoms with Gasteiger partial charge in [0.05, 0.1) is 19.0 Å². The third kappa shape index (κ3) is 2.15. The predicted molar refractivity (Wildman–Crippen MR) is 70.5 cm³/mol. The normalized spacial score (nSPS) is 10.6. The highest BCUT2D eigenvalue weighted by Gasteiger charge is 2.04. The zero-order valence-corrected chi connectivity index (χ0v) is 10.3. The Kier molecular flexibility index (Phi) is 2.68. The number of methoxy groups -OCH3 is 1. The first-order valence-corrected chi connectivity index (χ1v) is 5.68. The second-order valence-corrected chi connectivity index (χ2v) is 3.91. The lowest BCUT2D eigenvalue weighted by molar-refractivity contribution is 0.414. The van der Waals surface area contributed by atoms with Crippen molar-refractivity contribution < 1.29 is 9.47 Å². The van der Waals surface area contributed by atoms with Gasteiger partial charge < -0.3 is 15.2 Å². The summed E-state index contributed by atoms with van der Waals surface area (Å²) in [5.41, 5.74) is 7.06. The van der Waals surface area contributed by atoms with Crippen LogP contribution in [0.1, 0.15) is 0 Å². The lowest BCUT2D eigenvalue weighted by Crippen LogP contribution is -1.95. The number of nitrogen functional groups attached to an aromatic ring is 1. The van der Waals surface area contributed by atoms with Gasteiger partial charge in [-0.15, -0.1) is 0 Å². The molecular weight excluding hydrogens is 244 g/mol. The fraction of sp³-hybridized carbons (Fsp3) is 0.0769. The molecule has 2 aromatic heterocycles. The van der Waals surface area contributed by atoms with Gasteiger partial charge >= 0.3 is 0 Å². The zero-order valence-electron chi connectivity index (χ0n) is 10.3. The van der Waals surface area contributed by atoms with Gasteiger partial charge in [-0.05, 0) is 12.1 Å². The van der Waals surface area contributed by atoms with Crippen LogP contribution in [-0.2, 0) is 0 Å². The van der Waals surface area contributed by atoms with Gasteiger partial charge in [0.2, 0.25) is 5.88 Å². The molecular formula is C13H12N4O2. The quantitative estimate of drug-likeness (QED) is 0.726. The lowest BCUT2D eigenvalue weighted by Gasteiger charge is -2.08. The summed E-state index contributed by atoms with van der Waals surface area (Å²) in [5.74, 6) is 1.71. The number of benzene rings is 1. The van der Waals surface area contributed by atoms with Gasteiger partial charge in [0.15, 0.2) is 5.65 Å². The van der Waals surface area contributed by atoms with E-state index in [1.54, 1.807) is 54.4 Å². The SMILES string of the molecule is COc1ccc(Oc2ccn3nccc3n2)cc1N. The Morgan fingerprint density at radius 1 is 1.21 bits per heavy atom. The van der Waals surface area contributed by atoms with E-state index in [1.165, 1.54) is 0 Å². The molecule has 96 valence electrons. The molecule has 0 atom stereocenters. The maximum Gasteiger partial charge on any atom is 0.222 e. The number of nitrogens with zero attached hydrogens (tertiary/aromatic N) is 3. The molecule has 0 saturated carbocycles. The van der Waals surface area contributed by atoms with Gasteiger partial charge in [-0.3, -0.25) is 0 Å². The lowest BCUT2D eigenvalue weighted by atomic mass is 10.3. The first kappa shape index (κ1) is 11.3. The Bertz CT molecular complexity index is 723. The molecule has 0 spiro atoms. The van der Waals surface area contributed by atoms with Crippen LogP contribution in [0.2, 0.25) is 0 Å². The second kappa shape index (κ2) is 4.49. The van der Waals surface area contributed by atoms with Crippen LogP contribution in [0.25, 0.3) is 5.65 Å². The summed E-state index contributed by atoms with van der Waals surface area (Å²) in [5, 5.41) is 4.07. The van der Waals surface area contributed by atoms with Crippen molar-refractivity contribution in [2.24, 2.45) is 0 Å². The summed E-state index contributed by atoms with van der Waals surface area (Å²) in [4.78, 5) is 4.31. The zero-order chi connectivity index (χ0) is 13.2. The van der Waals surface area contributed by atoms with Gasteiger partial charge in [-0.25, -0.2) is 4.52 Å². The molecule has 2 heterocycles. The number of fused-ring (bicyclic) bond motifs is 1. The Morgan fingerprint density at radius 2 is 2.11 bits per heavy atom. The van der Waals surface area contributed by atoms with E-state index in [0.717, 1.165) is 5.65 Å². The topological polar surface area (TPSA) is 74.7 Å². The van der Waals surface area contributed by atoms with Crippen molar-refractivity contribution >= 4 is 11.3 Å². The Morgan fingerprint density at radius 3 is 2.89 bits per heavy atom. The molecule has 3 rings (SSSR count). The smallest absolute Gasteiger partial charge is 0.222 e. The number of rotatable bonds is 3. The molecule has 0 radical (unpaired) electrons. The van der Waals surface area contributed by atoms with E-state index in [0.29, 0.717) is 23.1 Å². The molecule has 0 bridgehead atoms. The average molecular weight is 256 g/mol. The summed E-state index contributed by atoms with van der Waals surface area (Å²) in [6.45, 7) is 0. The molecule has 3 aromatic rings. The largest absolute Gasteiger partial charge is 0.495 e. The molecule has 0 fully saturated rings. The van der Waals surface area contributed by atoms with Crippen molar-refractivity contribution in [1.29, 1.82) is 0 Å². The monoisotopic (exact) mass is 256 g/mol. The predicted octanol–water partition coefficient (Wildman–Crippen LogP) is 2.11. The van der Waals surface area contributed by atoms with Crippen LogP contribution < -0.4 is 15.2 Å². The molecule has 0 aliphatic carbocycles. The third-order valence-electron chi connectivity index (χ3n) is 2.66. The Hall–Kier alpha value is -2.76. The minimum Gasteiger partial charge on any atom is -0.495 e. The van der Waals surface area contributed by atoms with Crippen LogP contribution in [0, 0.1) is 0 Å². The average Bonchev–Trinajstić information content (AvgIpc) is 2.86. The third-order valence-corrected chi connectivity index (χ3v) is 2.66. The molecule has 19 heavy (non-hydrogen) atoms. The van der Waals surface area contributed by atoms with Gasteiger partial charge in [0.25, 0.3) is 0 Å². The van der Waals surface area contributed by atoms with E-state index in [2.05, 4.69) is 10.1 Å². The molecule has 6 nitrogen and oxygen atoms in total. The fourth-order valence-corrected chi connectivity index (χ4v) is 1.75. The Labute approximate surface area is 109 Å². The van der Waals surface area contributed by atoms with E-state index in [4.69, 9.17) is 15.2 Å². The highest BCUT2D eigenvalue weighted by Crippen LogP contribution is 2.28. The minimum absolute atomic E-state index is 0.484. The molecule has 1 aromatic carbocycles. The van der Waals surface area contributed by atoms with Crippen LogP contribution in [0.15, 0.2) is 42.7 Å². The number of aromatic nitrogens is 3. The molecule has 0 amide bonds. The van der Waals surface area contributed by atoms with Crippen molar-refractivity contribution in [3.05, 3.63) is 42.7 Å². The maximum atomic E-state index is 5.82. The van der Waals surface area contributed by atoms with Gasteiger partial charge in [-0.1, -0.05) is 0 Å². The summed E-state index contributed by atoms with van der Waals surface area (Å²) in [6.07, 6.45) is 3.46. The second-order valence-electron chi connectivity index (χ2n) is 3.91. The van der Waals surface area contributed by atoms with Crippen molar-refractivity contribution in [3.63, 3.8) is 0 Å². The number of anilines is 1. The Balaban J connectivity index is 1.89. The van der Waals surface area contributed by atoms with Crippen molar-refractivity contribution in [2.45, 2.75) is 0 Å². The minimum atomic E-state index is 0.484. The molecule has 0 unspecified atom stereocenters. The van der Waals surface area contributed by atoms with Gasteiger partial charge in [0.1, 0.15) is 11.5 Å². The van der Waals surface area contributed by atoms with E-state index in [1.807, 2.05) is 0 Å². The molecule has 0 aliphatic rings. The highest BCUT2D eigenvalue weighted by molar-refractivity contribution is 5.56. The van der Waals surface area contributed by atoms with Crippen molar-refractivity contribution in [1.82, 2.24) is 14.6 Å². The standard InChI is InChI=1S/C13H12N4O2/c1-18-11-3-2-9(8-10(11)14)19-13-5-7-17-12(16-13)4-6-15-17/h2-8H,14H2,1H3. The summed E-state index contributed by atoms with van der Waals surface area (Å²) in [7, 11) is 1.57. The maximum absolute atomic E-state index is 5.82. The highest BCUT2D eigenvalue weighted by atomic mass is 16.5. The van der Waals surface area contributed by atoms with Crippen LogP contribution in [0.4, 0.5) is 5.69 Å². The number of nitrogens with two attached hydrogens (primary N) is 1. The van der Waals surface area contributed by atoms with Crippen LogP contribution in [-0.4, -0.2) is 21.7 Å². The van der Waals surface area contributed by atoms with Crippen LogP contribution >= 0.6 is 0 Å². The first-order chi connectivity index (χ1) is 9.26. The first-order valence-electron chi connectivity index (χ1n) is 5.68. The van der Waals surface area contributed by atoms with Gasteiger partial charge in [0, 0.05) is 24.4 Å². The fourth-order valence-electron chi connectivity index (χ4n) is 1.75. The van der Waals surface area contributed by atoms with E-state index < -0.39 is 0 Å². The number of ether oxygens (including phenoxy) is 2. The number of hydrogen-bond acceptors (Lipinski definition) is 5. The summed E-state index contributed by atoms with van der Waals surface area (Å²) < 4.78 is 12.4. The number of hydrogen-bond donors (Lipinski definition) is 1. The van der Waals surface area contributed by atoms with Gasteiger partial charge in [-0.2, -0.15) is 10.1 Å². The summed E-state index contributed by atoms with van der Waals surface area (Å²) in [6, 6.07) is 8.76. The molecule has 6 heteroatoms. The van der Waals surface area contributed by atoms with Crippen LogP contribution in [0.3, 0.4) is 0 Å². The van der Waals surface area contributed by atoms with Crippen LogP contribution in [0.5, 0.6) is 17.4 Å². The summed E-state index contributed by atoms with van der Waals surface area (Å²) >= 11 is 0. The van der Waals surface area contributed by atoms with E-state index in [-0.39, 0.29) is 0 Å².